The zero-order valence-corrected chi connectivity index (χ0v) is 15.2. The highest BCUT2D eigenvalue weighted by Gasteiger charge is 2.48. The summed E-state index contributed by atoms with van der Waals surface area (Å²) in [7, 11) is -3.38. The molecule has 1 aromatic rings. The van der Waals surface area contributed by atoms with E-state index in [0.29, 0.717) is 32.4 Å². The second kappa shape index (κ2) is 6.53. The smallest absolute Gasteiger partial charge is 0.337 e. The van der Waals surface area contributed by atoms with Crippen LogP contribution in [0.15, 0.2) is 24.3 Å². The molecule has 2 aliphatic rings. The molecule has 0 unspecified atom stereocenters. The van der Waals surface area contributed by atoms with Crippen LogP contribution < -0.4 is 0 Å². The minimum atomic E-state index is -4.45. The van der Waals surface area contributed by atoms with Crippen LogP contribution in [-0.2, 0) is 16.2 Å². The molecule has 2 aliphatic heterocycles. The van der Waals surface area contributed by atoms with Gasteiger partial charge in [-0.25, -0.2) is 8.42 Å². The number of rotatable bonds is 2. The molecule has 1 aromatic carbocycles. The molecule has 2 fully saturated rings. The zero-order valence-electron chi connectivity index (χ0n) is 14.4. The summed E-state index contributed by atoms with van der Waals surface area (Å²) in [6.07, 6.45) is -0.477. The Kier molecular flexibility index (Phi) is 4.81. The van der Waals surface area contributed by atoms with Crippen molar-refractivity contribution in [1.29, 1.82) is 0 Å². The molecule has 144 valence electrons. The van der Waals surface area contributed by atoms with Gasteiger partial charge in [0.1, 0.15) is 0 Å². The van der Waals surface area contributed by atoms with Crippen molar-refractivity contribution < 1.29 is 26.4 Å². The highest BCUT2D eigenvalue weighted by Crippen LogP contribution is 2.39. The van der Waals surface area contributed by atoms with Crippen molar-refractivity contribution in [3.05, 3.63) is 35.4 Å². The van der Waals surface area contributed by atoms with E-state index in [9.17, 15) is 26.4 Å². The van der Waals surface area contributed by atoms with Crippen LogP contribution in [0.1, 0.15) is 41.6 Å². The molecule has 1 amide bonds. The van der Waals surface area contributed by atoms with E-state index in [1.807, 2.05) is 0 Å². The van der Waals surface area contributed by atoms with Crippen molar-refractivity contribution in [3.8, 4) is 0 Å². The summed E-state index contributed by atoms with van der Waals surface area (Å²) in [5.74, 6) is -0.363. The summed E-state index contributed by atoms with van der Waals surface area (Å²) in [6.45, 7) is 1.19. The van der Waals surface area contributed by atoms with Gasteiger partial charge in [0.05, 0.1) is 17.4 Å². The molecule has 2 heterocycles. The van der Waals surface area contributed by atoms with Gasteiger partial charge < -0.3 is 4.90 Å². The lowest BCUT2D eigenvalue weighted by Gasteiger charge is -2.44. The summed E-state index contributed by atoms with van der Waals surface area (Å²) in [5.41, 5.74) is -1.21. The topological polar surface area (TPSA) is 57.7 Å². The van der Waals surface area contributed by atoms with Crippen molar-refractivity contribution in [2.45, 2.75) is 37.4 Å². The van der Waals surface area contributed by atoms with Crippen LogP contribution in [0, 0.1) is 0 Å². The van der Waals surface area contributed by atoms with Crippen molar-refractivity contribution in [1.82, 2.24) is 9.21 Å². The third kappa shape index (κ3) is 3.59. The summed E-state index contributed by atoms with van der Waals surface area (Å²) >= 11 is 0. The Morgan fingerprint density at radius 3 is 2.19 bits per heavy atom. The molecule has 0 aromatic heterocycles. The normalized spacial score (nSPS) is 25.0. The van der Waals surface area contributed by atoms with Crippen LogP contribution in [-0.4, -0.2) is 55.0 Å². The van der Waals surface area contributed by atoms with E-state index in [0.717, 1.165) is 18.6 Å². The molecule has 26 heavy (non-hydrogen) atoms. The Morgan fingerprint density at radius 1 is 1.08 bits per heavy atom. The SMILES string of the molecule is CS(=O)(=O)N1CCC[C@@]12CCCN(C(=O)c1ccc(C(F)(F)F)cc1)C2. The van der Waals surface area contributed by atoms with Gasteiger partial charge in [0.15, 0.2) is 0 Å². The first kappa shape index (κ1) is 19.2. The maximum absolute atomic E-state index is 12.7. The predicted molar refractivity (Wildman–Crippen MR) is 90.1 cm³/mol. The molecule has 0 N–H and O–H groups in total. The third-order valence-corrected chi connectivity index (χ3v) is 6.60. The van der Waals surface area contributed by atoms with Crippen LogP contribution in [0.25, 0.3) is 0 Å². The average Bonchev–Trinajstić information content (AvgIpc) is 2.96. The number of carbonyl (C=O) groups is 1. The molecule has 0 aliphatic carbocycles. The average molecular weight is 390 g/mol. The van der Waals surface area contributed by atoms with Gasteiger partial charge in [-0.15, -0.1) is 0 Å². The quantitative estimate of drug-likeness (QED) is 0.780. The Morgan fingerprint density at radius 2 is 1.65 bits per heavy atom. The number of hydrogen-bond donors (Lipinski definition) is 0. The molecule has 0 bridgehead atoms. The molecule has 0 saturated carbocycles. The van der Waals surface area contributed by atoms with Crippen LogP contribution >= 0.6 is 0 Å². The number of benzene rings is 1. The van der Waals surface area contributed by atoms with Gasteiger partial charge in [-0.1, -0.05) is 0 Å². The Balaban J connectivity index is 1.80. The molecule has 1 spiro atoms. The number of halogens is 3. The summed E-state index contributed by atoms with van der Waals surface area (Å²) in [5, 5.41) is 0. The monoisotopic (exact) mass is 390 g/mol. The molecule has 5 nitrogen and oxygen atoms in total. The fourth-order valence-corrected chi connectivity index (χ4v) is 5.51. The molecule has 2 saturated heterocycles. The van der Waals surface area contributed by atoms with Gasteiger partial charge in [-0.05, 0) is 49.9 Å². The minimum absolute atomic E-state index is 0.180. The van der Waals surface area contributed by atoms with E-state index in [1.54, 1.807) is 4.90 Å². The fraction of sp³-hybridized carbons (Fsp3) is 0.588. The van der Waals surface area contributed by atoms with E-state index in [4.69, 9.17) is 0 Å². The van der Waals surface area contributed by atoms with Crippen molar-refractivity contribution >= 4 is 15.9 Å². The summed E-state index contributed by atoms with van der Waals surface area (Å²) in [6, 6.07) is 4.14. The van der Waals surface area contributed by atoms with Crippen LogP contribution in [0.4, 0.5) is 13.2 Å². The number of carbonyl (C=O) groups excluding carboxylic acids is 1. The van der Waals surface area contributed by atoms with Gasteiger partial charge >= 0.3 is 6.18 Å². The van der Waals surface area contributed by atoms with Crippen molar-refractivity contribution in [3.63, 3.8) is 0 Å². The molecule has 9 heteroatoms. The summed E-state index contributed by atoms with van der Waals surface area (Å²) < 4.78 is 63.7. The maximum atomic E-state index is 12.7. The van der Waals surface area contributed by atoms with E-state index in [1.165, 1.54) is 22.7 Å². The molecular formula is C17H21F3N2O3S. The highest BCUT2D eigenvalue weighted by molar-refractivity contribution is 7.88. The third-order valence-electron chi connectivity index (χ3n) is 5.23. The Hall–Kier alpha value is -1.61. The minimum Gasteiger partial charge on any atom is -0.337 e. The van der Waals surface area contributed by atoms with Crippen LogP contribution in [0.5, 0.6) is 0 Å². The van der Waals surface area contributed by atoms with Gasteiger partial charge in [0.2, 0.25) is 10.0 Å². The number of alkyl halides is 3. The van der Waals surface area contributed by atoms with Crippen LogP contribution in [0.2, 0.25) is 0 Å². The molecular weight excluding hydrogens is 369 g/mol. The van der Waals surface area contributed by atoms with Crippen molar-refractivity contribution in [2.75, 3.05) is 25.9 Å². The van der Waals surface area contributed by atoms with Gasteiger partial charge in [0, 0.05) is 25.2 Å². The Bertz CT molecular complexity index is 792. The molecule has 3 rings (SSSR count). The van der Waals surface area contributed by atoms with E-state index in [2.05, 4.69) is 0 Å². The van der Waals surface area contributed by atoms with E-state index >= 15 is 0 Å². The van der Waals surface area contributed by atoms with Gasteiger partial charge in [-0.3, -0.25) is 4.79 Å². The first-order chi connectivity index (χ1) is 12.0. The van der Waals surface area contributed by atoms with Crippen molar-refractivity contribution in [2.24, 2.45) is 0 Å². The van der Waals surface area contributed by atoms with E-state index < -0.39 is 27.3 Å². The summed E-state index contributed by atoms with van der Waals surface area (Å²) in [4.78, 5) is 14.3. The standard InChI is InChI=1S/C17H21F3N2O3S/c1-26(24,25)22-11-3-9-16(22)8-2-10-21(12-16)15(23)13-4-6-14(7-5-13)17(18,19)20/h4-7H,2-3,8-12H2,1H3/t16-/m1/s1. The lowest BCUT2D eigenvalue weighted by molar-refractivity contribution is -0.137. The number of likely N-dealkylation sites (tertiary alicyclic amines) is 1. The van der Waals surface area contributed by atoms with Crippen LogP contribution in [0.3, 0.4) is 0 Å². The van der Waals surface area contributed by atoms with Gasteiger partial charge in [0.25, 0.3) is 5.91 Å². The molecule has 0 radical (unpaired) electrons. The number of sulfonamides is 1. The zero-order chi connectivity index (χ0) is 19.2. The molecule has 1 atom stereocenters. The lowest BCUT2D eigenvalue weighted by Crippen LogP contribution is -2.58. The Labute approximate surface area is 150 Å². The second-order valence-electron chi connectivity index (χ2n) is 7.07. The number of piperidine rings is 1. The number of hydrogen-bond acceptors (Lipinski definition) is 3. The first-order valence-electron chi connectivity index (χ1n) is 8.47. The highest BCUT2D eigenvalue weighted by atomic mass is 32.2. The predicted octanol–water partition coefficient (Wildman–Crippen LogP) is 2.74. The number of amides is 1. The largest absolute Gasteiger partial charge is 0.416 e. The lowest BCUT2D eigenvalue weighted by atomic mass is 9.87. The van der Waals surface area contributed by atoms with E-state index in [-0.39, 0.29) is 18.0 Å². The fourth-order valence-electron chi connectivity index (χ4n) is 4.11. The first-order valence-corrected chi connectivity index (χ1v) is 10.3. The maximum Gasteiger partial charge on any atom is 0.416 e. The second-order valence-corrected chi connectivity index (χ2v) is 8.98. The van der Waals surface area contributed by atoms with Gasteiger partial charge in [-0.2, -0.15) is 17.5 Å². The number of nitrogens with zero attached hydrogens (tertiary/aromatic N) is 2.